The van der Waals surface area contributed by atoms with Crippen molar-refractivity contribution < 1.29 is 14.6 Å². The minimum atomic E-state index is -0.655. The minimum absolute atomic E-state index is 0.0139. The third-order valence-corrected chi connectivity index (χ3v) is 3.00. The van der Waals surface area contributed by atoms with Gasteiger partial charge in [-0.1, -0.05) is 0 Å². The summed E-state index contributed by atoms with van der Waals surface area (Å²) in [6.45, 7) is 0.636. The number of aliphatic carboxylic acids is 1. The van der Waals surface area contributed by atoms with Gasteiger partial charge < -0.3 is 9.84 Å². The van der Waals surface area contributed by atoms with Crippen LogP contribution in [0.25, 0.3) is 0 Å². The maximum absolute atomic E-state index is 10.9. The largest absolute Gasteiger partial charge is 0.481 e. The van der Waals surface area contributed by atoms with Crippen LogP contribution in [0.5, 0.6) is 0 Å². The van der Waals surface area contributed by atoms with E-state index in [0.717, 1.165) is 19.3 Å². The topological polar surface area (TPSA) is 46.5 Å². The quantitative estimate of drug-likeness (QED) is 0.616. The monoisotopic (exact) mass is 156 g/mol. The van der Waals surface area contributed by atoms with Gasteiger partial charge in [0.1, 0.15) is 0 Å². The Kier molecular flexibility index (Phi) is 1.42. The highest BCUT2D eigenvalue weighted by atomic mass is 16.5. The highest BCUT2D eigenvalue weighted by Gasteiger charge is 2.53. The predicted molar refractivity (Wildman–Crippen MR) is 38.3 cm³/mol. The number of hydrogen-bond donors (Lipinski definition) is 1. The summed E-state index contributed by atoms with van der Waals surface area (Å²) in [4.78, 5) is 10.9. The van der Waals surface area contributed by atoms with E-state index in [9.17, 15) is 4.79 Å². The molecule has 0 unspecified atom stereocenters. The Balaban J connectivity index is 2.26. The Hall–Kier alpha value is -0.570. The number of fused-ring (bicyclic) bond motifs is 1. The summed E-state index contributed by atoms with van der Waals surface area (Å²) < 4.78 is 5.36. The van der Waals surface area contributed by atoms with Gasteiger partial charge in [-0.05, 0) is 25.7 Å². The zero-order valence-corrected chi connectivity index (χ0v) is 6.38. The smallest absolute Gasteiger partial charge is 0.312 e. The molecular formula is C8H12O3. The van der Waals surface area contributed by atoms with Crippen LogP contribution in [0.2, 0.25) is 0 Å². The standard InChI is InChI=1S/C8H12O3/c9-7(10)8-3-1-2-6(8)11-5-4-8/h6H,1-5H2,(H,9,10)/t6-,8-/m1/s1. The SMILES string of the molecule is O=C(O)[C@@]12CCC[C@H]1OCC2. The Morgan fingerprint density at radius 1 is 1.55 bits per heavy atom. The van der Waals surface area contributed by atoms with Crippen molar-refractivity contribution in [2.24, 2.45) is 5.41 Å². The van der Waals surface area contributed by atoms with Crippen molar-refractivity contribution in [2.75, 3.05) is 6.61 Å². The fourth-order valence-corrected chi connectivity index (χ4v) is 2.30. The molecule has 62 valence electrons. The van der Waals surface area contributed by atoms with Gasteiger partial charge in [-0.2, -0.15) is 0 Å². The van der Waals surface area contributed by atoms with E-state index in [0.29, 0.717) is 13.0 Å². The number of carboxylic acids is 1. The first-order valence-electron chi connectivity index (χ1n) is 4.11. The van der Waals surface area contributed by atoms with E-state index in [2.05, 4.69) is 0 Å². The van der Waals surface area contributed by atoms with Crippen molar-refractivity contribution >= 4 is 5.97 Å². The summed E-state index contributed by atoms with van der Waals surface area (Å²) in [5.41, 5.74) is -0.500. The number of hydrogen-bond acceptors (Lipinski definition) is 2. The molecule has 1 N–H and O–H groups in total. The lowest BCUT2D eigenvalue weighted by molar-refractivity contribution is -0.150. The fraction of sp³-hybridized carbons (Fsp3) is 0.875. The Morgan fingerprint density at radius 3 is 3.00 bits per heavy atom. The zero-order valence-electron chi connectivity index (χ0n) is 6.38. The zero-order chi connectivity index (χ0) is 7.90. The van der Waals surface area contributed by atoms with Gasteiger partial charge in [0.15, 0.2) is 0 Å². The van der Waals surface area contributed by atoms with Crippen molar-refractivity contribution in [3.63, 3.8) is 0 Å². The Morgan fingerprint density at radius 2 is 2.36 bits per heavy atom. The second kappa shape index (κ2) is 2.21. The summed E-state index contributed by atoms with van der Waals surface area (Å²) in [7, 11) is 0. The maximum Gasteiger partial charge on any atom is 0.312 e. The van der Waals surface area contributed by atoms with Gasteiger partial charge >= 0.3 is 5.97 Å². The molecule has 0 aromatic heterocycles. The second-order valence-corrected chi connectivity index (χ2v) is 3.46. The van der Waals surface area contributed by atoms with Crippen LogP contribution in [0, 0.1) is 5.41 Å². The fourth-order valence-electron chi connectivity index (χ4n) is 2.30. The van der Waals surface area contributed by atoms with E-state index >= 15 is 0 Å². The summed E-state index contributed by atoms with van der Waals surface area (Å²) in [5.74, 6) is -0.655. The number of rotatable bonds is 1. The maximum atomic E-state index is 10.9. The lowest BCUT2D eigenvalue weighted by Crippen LogP contribution is -2.34. The molecule has 0 amide bonds. The first-order chi connectivity index (χ1) is 5.26. The van der Waals surface area contributed by atoms with Crippen LogP contribution in [-0.2, 0) is 9.53 Å². The van der Waals surface area contributed by atoms with Crippen LogP contribution >= 0.6 is 0 Å². The van der Waals surface area contributed by atoms with Crippen LogP contribution in [0.1, 0.15) is 25.7 Å². The van der Waals surface area contributed by atoms with E-state index in [1.807, 2.05) is 0 Å². The summed E-state index contributed by atoms with van der Waals surface area (Å²) in [6, 6.07) is 0. The van der Waals surface area contributed by atoms with Gasteiger partial charge in [0.05, 0.1) is 11.5 Å². The van der Waals surface area contributed by atoms with Gasteiger partial charge in [0, 0.05) is 6.61 Å². The molecule has 0 bridgehead atoms. The Bertz CT molecular complexity index is 178. The molecule has 0 aromatic carbocycles. The van der Waals surface area contributed by atoms with Crippen LogP contribution in [-0.4, -0.2) is 23.8 Å². The Labute approximate surface area is 65.4 Å². The van der Waals surface area contributed by atoms with E-state index in [-0.39, 0.29) is 6.10 Å². The molecule has 2 rings (SSSR count). The van der Waals surface area contributed by atoms with E-state index in [1.54, 1.807) is 0 Å². The molecule has 11 heavy (non-hydrogen) atoms. The molecule has 2 aliphatic rings. The van der Waals surface area contributed by atoms with Gasteiger partial charge in [0.2, 0.25) is 0 Å². The van der Waals surface area contributed by atoms with E-state index in [4.69, 9.17) is 9.84 Å². The third-order valence-electron chi connectivity index (χ3n) is 3.00. The molecule has 1 saturated heterocycles. The second-order valence-electron chi connectivity index (χ2n) is 3.46. The molecule has 2 atom stereocenters. The molecule has 3 nitrogen and oxygen atoms in total. The van der Waals surface area contributed by atoms with Crippen LogP contribution in [0.15, 0.2) is 0 Å². The summed E-state index contributed by atoms with van der Waals surface area (Å²) in [6.07, 6.45) is 3.49. The average molecular weight is 156 g/mol. The van der Waals surface area contributed by atoms with Gasteiger partial charge in [-0.15, -0.1) is 0 Å². The van der Waals surface area contributed by atoms with Crippen molar-refractivity contribution in [1.29, 1.82) is 0 Å². The van der Waals surface area contributed by atoms with E-state index in [1.165, 1.54) is 0 Å². The lowest BCUT2D eigenvalue weighted by Gasteiger charge is -2.21. The van der Waals surface area contributed by atoms with Crippen LogP contribution in [0.3, 0.4) is 0 Å². The molecule has 3 heteroatoms. The first-order valence-corrected chi connectivity index (χ1v) is 4.11. The molecule has 1 saturated carbocycles. The first kappa shape index (κ1) is 7.10. The van der Waals surface area contributed by atoms with E-state index < -0.39 is 11.4 Å². The third kappa shape index (κ3) is 0.805. The molecule has 0 spiro atoms. The van der Waals surface area contributed by atoms with Gasteiger partial charge in [-0.25, -0.2) is 0 Å². The van der Waals surface area contributed by atoms with Gasteiger partial charge in [-0.3, -0.25) is 4.79 Å². The number of carboxylic acid groups (broad SMARTS) is 1. The molecule has 2 fully saturated rings. The molecule has 1 aliphatic heterocycles. The predicted octanol–water partition coefficient (Wildman–Crippen LogP) is 1.03. The van der Waals surface area contributed by atoms with Crippen molar-refractivity contribution in [2.45, 2.75) is 31.8 Å². The molecular weight excluding hydrogens is 144 g/mol. The highest BCUT2D eigenvalue weighted by molar-refractivity contribution is 5.76. The van der Waals surface area contributed by atoms with Crippen molar-refractivity contribution in [3.8, 4) is 0 Å². The normalized spacial score (nSPS) is 42.4. The summed E-state index contributed by atoms with van der Waals surface area (Å²) >= 11 is 0. The molecule has 0 aromatic rings. The van der Waals surface area contributed by atoms with Crippen LogP contribution in [0.4, 0.5) is 0 Å². The summed E-state index contributed by atoms with van der Waals surface area (Å²) in [5, 5.41) is 8.99. The lowest BCUT2D eigenvalue weighted by atomic mass is 9.83. The molecule has 1 aliphatic carbocycles. The van der Waals surface area contributed by atoms with Gasteiger partial charge in [0.25, 0.3) is 0 Å². The van der Waals surface area contributed by atoms with Crippen LogP contribution < -0.4 is 0 Å². The highest BCUT2D eigenvalue weighted by Crippen LogP contribution is 2.47. The van der Waals surface area contributed by atoms with Crippen molar-refractivity contribution in [3.05, 3.63) is 0 Å². The number of carbonyl (C=O) groups is 1. The molecule has 0 radical (unpaired) electrons. The minimum Gasteiger partial charge on any atom is -0.481 e. The number of ether oxygens (including phenoxy) is 1. The molecule has 1 heterocycles. The average Bonchev–Trinajstić information content (AvgIpc) is 2.40. The van der Waals surface area contributed by atoms with Crippen molar-refractivity contribution in [1.82, 2.24) is 0 Å².